The summed E-state index contributed by atoms with van der Waals surface area (Å²) >= 11 is 0. The van der Waals surface area contributed by atoms with Gasteiger partial charge < -0.3 is 9.64 Å². The van der Waals surface area contributed by atoms with Gasteiger partial charge in [-0.05, 0) is 46.0 Å². The Balaban J connectivity index is 1.57. The van der Waals surface area contributed by atoms with Gasteiger partial charge in [-0.3, -0.25) is 4.79 Å². The molecule has 0 unspecified atom stereocenters. The number of benzene rings is 4. The monoisotopic (exact) mass is 420 g/mol. The van der Waals surface area contributed by atoms with Gasteiger partial charge in [0.1, 0.15) is 0 Å². The zero-order valence-corrected chi connectivity index (χ0v) is 18.0. The highest BCUT2D eigenvalue weighted by Gasteiger charge is 2.23. The maximum Gasteiger partial charge on any atom is 0.296 e. The van der Waals surface area contributed by atoms with Crippen LogP contribution in [0.5, 0.6) is 0 Å². The fourth-order valence-electron chi connectivity index (χ4n) is 4.33. The van der Waals surface area contributed by atoms with Gasteiger partial charge in [0.2, 0.25) is 0 Å². The molecule has 0 atom stereocenters. The Morgan fingerprint density at radius 2 is 1.41 bits per heavy atom. The van der Waals surface area contributed by atoms with E-state index in [9.17, 15) is 4.79 Å². The number of rotatable bonds is 2. The van der Waals surface area contributed by atoms with Gasteiger partial charge in [-0.2, -0.15) is 4.99 Å². The largest absolute Gasteiger partial charge is 0.465 e. The van der Waals surface area contributed by atoms with Gasteiger partial charge in [-0.15, -0.1) is 0 Å². The van der Waals surface area contributed by atoms with Gasteiger partial charge in [-0.1, -0.05) is 84.9 Å². The van der Waals surface area contributed by atoms with Gasteiger partial charge in [0.15, 0.2) is 0 Å². The molecule has 1 aliphatic rings. The van der Waals surface area contributed by atoms with E-state index in [1.54, 1.807) is 0 Å². The number of ether oxygens (including phenoxy) is 1. The Hall–Kier alpha value is -3.92. The molecule has 0 saturated heterocycles. The summed E-state index contributed by atoms with van der Waals surface area (Å²) < 4.78 is 5.93. The summed E-state index contributed by atoms with van der Waals surface area (Å²) in [5, 5.41) is 1.91. The summed E-state index contributed by atoms with van der Waals surface area (Å²) in [5.41, 5.74) is 5.37. The average molecular weight is 421 g/mol. The molecule has 4 nitrogen and oxygen atoms in total. The first-order valence-electron chi connectivity index (χ1n) is 10.9. The molecule has 0 radical (unpaired) electrons. The Morgan fingerprint density at radius 3 is 2.09 bits per heavy atom. The zero-order chi connectivity index (χ0) is 21.9. The van der Waals surface area contributed by atoms with Crippen LogP contribution in [0.2, 0.25) is 0 Å². The van der Waals surface area contributed by atoms with Crippen molar-refractivity contribution in [2.75, 3.05) is 6.61 Å². The van der Waals surface area contributed by atoms with E-state index >= 15 is 0 Å². The van der Waals surface area contributed by atoms with Crippen LogP contribution in [0, 0.1) is 0 Å². The highest BCUT2D eigenvalue weighted by atomic mass is 16.5. The lowest BCUT2D eigenvalue weighted by atomic mass is 9.97. The third-order valence-electron chi connectivity index (χ3n) is 5.81. The number of carbonyl (C=O) groups is 1. The Labute approximate surface area is 187 Å². The van der Waals surface area contributed by atoms with Crippen LogP contribution in [-0.2, 0) is 17.8 Å². The van der Waals surface area contributed by atoms with E-state index in [0.717, 1.165) is 10.8 Å². The number of fused-ring (bicyclic) bond motifs is 4. The van der Waals surface area contributed by atoms with Crippen LogP contribution in [0.15, 0.2) is 96.0 Å². The first-order chi connectivity index (χ1) is 15.7. The SMILES string of the molecule is CCO/C(=N\C(=O)c1cccc2ccccc12)N1Cc2ccccc2-c2ccccc2C1. The molecule has 0 spiro atoms. The van der Waals surface area contributed by atoms with Crippen molar-refractivity contribution < 1.29 is 9.53 Å². The number of amidine groups is 1. The van der Waals surface area contributed by atoms with E-state index in [4.69, 9.17) is 4.74 Å². The molecule has 0 N–H and O–H groups in total. The molecule has 0 aromatic heterocycles. The first-order valence-corrected chi connectivity index (χ1v) is 10.9. The molecule has 5 rings (SSSR count). The molecule has 4 aromatic rings. The Kier molecular flexibility index (Phi) is 5.42. The second-order valence-corrected chi connectivity index (χ2v) is 7.83. The number of hydrogen-bond acceptors (Lipinski definition) is 2. The zero-order valence-electron chi connectivity index (χ0n) is 18.0. The lowest BCUT2D eigenvalue weighted by Crippen LogP contribution is -2.32. The van der Waals surface area contributed by atoms with E-state index < -0.39 is 0 Å². The maximum atomic E-state index is 13.3. The van der Waals surface area contributed by atoms with Crippen LogP contribution in [0.25, 0.3) is 21.9 Å². The molecule has 158 valence electrons. The van der Waals surface area contributed by atoms with Crippen molar-refractivity contribution in [2.45, 2.75) is 20.0 Å². The predicted molar refractivity (Wildman–Crippen MR) is 128 cm³/mol. The number of amides is 1. The molecule has 0 bridgehead atoms. The van der Waals surface area contributed by atoms with Gasteiger partial charge in [0.25, 0.3) is 11.9 Å². The van der Waals surface area contributed by atoms with Gasteiger partial charge in [-0.25, -0.2) is 0 Å². The van der Waals surface area contributed by atoms with E-state index in [0.29, 0.717) is 31.3 Å². The Morgan fingerprint density at radius 1 is 0.812 bits per heavy atom. The smallest absolute Gasteiger partial charge is 0.296 e. The summed E-state index contributed by atoms with van der Waals surface area (Å²) in [6, 6.07) is 30.7. The fraction of sp³-hybridized carbons (Fsp3) is 0.143. The van der Waals surface area contributed by atoms with Crippen molar-refractivity contribution in [3.63, 3.8) is 0 Å². The summed E-state index contributed by atoms with van der Waals surface area (Å²) in [5.74, 6) is -0.295. The van der Waals surface area contributed by atoms with Crippen molar-refractivity contribution in [1.29, 1.82) is 0 Å². The van der Waals surface area contributed by atoms with E-state index in [2.05, 4.69) is 46.3 Å². The summed E-state index contributed by atoms with van der Waals surface area (Å²) in [6.45, 7) is 3.58. The highest BCUT2D eigenvalue weighted by Crippen LogP contribution is 2.32. The summed E-state index contributed by atoms with van der Waals surface area (Å²) in [6.07, 6.45) is 0. The molecule has 0 aliphatic carbocycles. The molecular formula is C28H24N2O2. The third kappa shape index (κ3) is 3.76. The molecule has 0 fully saturated rings. The molecule has 4 heteroatoms. The summed E-state index contributed by atoms with van der Waals surface area (Å²) in [7, 11) is 0. The molecular weight excluding hydrogens is 396 g/mol. The van der Waals surface area contributed by atoms with E-state index in [1.807, 2.05) is 61.5 Å². The Bertz CT molecular complexity index is 1270. The molecule has 32 heavy (non-hydrogen) atoms. The predicted octanol–water partition coefficient (Wildman–Crippen LogP) is 6.06. The van der Waals surface area contributed by atoms with Crippen molar-refractivity contribution in [3.05, 3.63) is 108 Å². The normalized spacial score (nSPS) is 13.3. The quantitative estimate of drug-likeness (QED) is 0.293. The van der Waals surface area contributed by atoms with Crippen molar-refractivity contribution in [3.8, 4) is 11.1 Å². The number of aliphatic imine (C=N–C) groups is 1. The highest BCUT2D eigenvalue weighted by molar-refractivity contribution is 6.10. The van der Waals surface area contributed by atoms with Crippen LogP contribution >= 0.6 is 0 Å². The van der Waals surface area contributed by atoms with Crippen LogP contribution in [0.1, 0.15) is 28.4 Å². The van der Waals surface area contributed by atoms with E-state index in [1.165, 1.54) is 22.3 Å². The topological polar surface area (TPSA) is 41.9 Å². The first kappa shape index (κ1) is 20.0. The van der Waals surface area contributed by atoms with Gasteiger partial charge >= 0.3 is 0 Å². The molecule has 1 amide bonds. The van der Waals surface area contributed by atoms with E-state index in [-0.39, 0.29) is 5.91 Å². The second-order valence-electron chi connectivity index (χ2n) is 7.83. The minimum atomic E-state index is -0.295. The maximum absolute atomic E-state index is 13.3. The summed E-state index contributed by atoms with van der Waals surface area (Å²) in [4.78, 5) is 19.8. The second kappa shape index (κ2) is 8.67. The van der Waals surface area contributed by atoms with Crippen LogP contribution in [0.4, 0.5) is 0 Å². The van der Waals surface area contributed by atoms with Gasteiger partial charge in [0, 0.05) is 18.7 Å². The lowest BCUT2D eigenvalue weighted by Gasteiger charge is -2.24. The molecule has 1 aliphatic heterocycles. The molecule has 0 saturated carbocycles. The minimum Gasteiger partial charge on any atom is -0.465 e. The molecule has 1 heterocycles. The van der Waals surface area contributed by atoms with Crippen molar-refractivity contribution in [1.82, 2.24) is 4.90 Å². The number of nitrogens with zero attached hydrogens (tertiary/aromatic N) is 2. The fourth-order valence-corrected chi connectivity index (χ4v) is 4.33. The lowest BCUT2D eigenvalue weighted by molar-refractivity contribution is 0.0994. The van der Waals surface area contributed by atoms with Crippen LogP contribution < -0.4 is 0 Å². The van der Waals surface area contributed by atoms with Crippen LogP contribution in [0.3, 0.4) is 0 Å². The molecule has 4 aromatic carbocycles. The van der Waals surface area contributed by atoms with Gasteiger partial charge in [0.05, 0.1) is 6.61 Å². The van der Waals surface area contributed by atoms with Crippen molar-refractivity contribution >= 4 is 22.7 Å². The standard InChI is InChI=1S/C28H24N2O2/c1-2-32-28(29-27(31)26-17-9-13-20-10-3-6-14-23(20)26)30-18-21-11-4-7-15-24(21)25-16-8-5-12-22(25)19-30/h3-17H,2,18-19H2,1H3/b29-28-. The van der Waals surface area contributed by atoms with Crippen LogP contribution in [-0.4, -0.2) is 23.4 Å². The van der Waals surface area contributed by atoms with Crippen molar-refractivity contribution in [2.24, 2.45) is 4.99 Å². The number of carbonyl (C=O) groups excluding carboxylic acids is 1. The average Bonchev–Trinajstić information content (AvgIpc) is 3.00. The third-order valence-corrected chi connectivity index (χ3v) is 5.81. The minimum absolute atomic E-state index is 0.295. The number of hydrogen-bond donors (Lipinski definition) is 0.